The number of nitrogens with one attached hydrogen (secondary N) is 1. The summed E-state index contributed by atoms with van der Waals surface area (Å²) in [6.07, 6.45) is 3.84. The minimum Gasteiger partial charge on any atom is -0.341 e. The minimum absolute atomic E-state index is 0.0211. The number of sulfone groups is 1. The number of carbonyl (C=O) groups excluding carboxylic acids is 2. The first-order valence-corrected chi connectivity index (χ1v) is 13.1. The zero-order valence-corrected chi connectivity index (χ0v) is 19.4. The molecular weight excluding hydrogens is 453 g/mol. The Kier molecular flexibility index (Phi) is 6.62. The molecule has 4 rings (SSSR count). The lowest BCUT2D eigenvalue weighted by atomic mass is 9.84. The number of thiazole rings is 1. The first-order chi connectivity index (χ1) is 15.3. The Bertz CT molecular complexity index is 1100. The standard InChI is InChI=1S/C22H26FN3O4S2/c1-24-22(28)26-9-8-14(13-26)10-18(19(27)11-21-25-12-20(23)31-21)15-2-4-16(5-3-15)32(29,30)17-6-7-17/h2-5,12,14,17-18H,6-11,13H2,1H3,(H,24,28)/t14-,18-/m1/s1. The Morgan fingerprint density at radius 1 is 1.25 bits per heavy atom. The molecule has 0 spiro atoms. The summed E-state index contributed by atoms with van der Waals surface area (Å²) >= 11 is 0.856. The van der Waals surface area contributed by atoms with Gasteiger partial charge in [-0.05, 0) is 49.3 Å². The van der Waals surface area contributed by atoms with Crippen molar-refractivity contribution in [3.8, 4) is 0 Å². The van der Waals surface area contributed by atoms with Crippen molar-refractivity contribution >= 4 is 33.0 Å². The minimum atomic E-state index is -3.30. The average molecular weight is 480 g/mol. The van der Waals surface area contributed by atoms with Crippen molar-refractivity contribution in [2.75, 3.05) is 20.1 Å². The van der Waals surface area contributed by atoms with Crippen LogP contribution in [0.15, 0.2) is 35.4 Å². The topological polar surface area (TPSA) is 96.4 Å². The van der Waals surface area contributed by atoms with Crippen molar-refractivity contribution in [1.29, 1.82) is 0 Å². The third-order valence-electron chi connectivity index (χ3n) is 6.17. The predicted octanol–water partition coefficient (Wildman–Crippen LogP) is 3.17. The van der Waals surface area contributed by atoms with Gasteiger partial charge in [-0.2, -0.15) is 4.39 Å². The summed E-state index contributed by atoms with van der Waals surface area (Å²) in [5, 5.41) is 2.32. The van der Waals surface area contributed by atoms with E-state index < -0.39 is 20.9 Å². The number of nitrogens with zero attached hydrogens (tertiary/aromatic N) is 2. The van der Waals surface area contributed by atoms with E-state index in [4.69, 9.17) is 0 Å². The van der Waals surface area contributed by atoms with Crippen LogP contribution in [-0.4, -0.2) is 55.5 Å². The molecule has 1 N–H and O–H groups in total. The second-order valence-electron chi connectivity index (χ2n) is 8.46. The highest BCUT2D eigenvalue weighted by Gasteiger charge is 2.37. The van der Waals surface area contributed by atoms with Gasteiger partial charge in [0.1, 0.15) is 10.8 Å². The molecule has 2 aliphatic rings. The molecule has 2 aromatic rings. The quantitative estimate of drug-likeness (QED) is 0.627. The lowest BCUT2D eigenvalue weighted by molar-refractivity contribution is -0.120. The summed E-state index contributed by atoms with van der Waals surface area (Å²) in [4.78, 5) is 31.1. The van der Waals surface area contributed by atoms with Crippen molar-refractivity contribution in [1.82, 2.24) is 15.2 Å². The molecule has 0 unspecified atom stereocenters. The summed E-state index contributed by atoms with van der Waals surface area (Å²) in [7, 11) is -1.71. The van der Waals surface area contributed by atoms with Crippen LogP contribution in [0.3, 0.4) is 0 Å². The number of hydrogen-bond donors (Lipinski definition) is 1. The van der Waals surface area contributed by atoms with Gasteiger partial charge in [0.15, 0.2) is 15.0 Å². The van der Waals surface area contributed by atoms with Crippen LogP contribution < -0.4 is 5.32 Å². The predicted molar refractivity (Wildman–Crippen MR) is 119 cm³/mol. The van der Waals surface area contributed by atoms with Crippen LogP contribution in [0.4, 0.5) is 9.18 Å². The zero-order valence-electron chi connectivity index (χ0n) is 17.8. The molecule has 2 fully saturated rings. The number of aromatic nitrogens is 1. The molecule has 1 aliphatic carbocycles. The van der Waals surface area contributed by atoms with Crippen LogP contribution in [0, 0.1) is 11.0 Å². The molecule has 172 valence electrons. The van der Waals surface area contributed by atoms with E-state index in [-0.39, 0.29) is 34.3 Å². The van der Waals surface area contributed by atoms with Gasteiger partial charge in [-0.15, -0.1) is 0 Å². The Hall–Kier alpha value is -2.33. The van der Waals surface area contributed by atoms with E-state index in [0.717, 1.165) is 29.5 Å². The number of carbonyl (C=O) groups is 2. The second kappa shape index (κ2) is 9.27. The first-order valence-electron chi connectivity index (χ1n) is 10.7. The molecule has 2 amide bonds. The lowest BCUT2D eigenvalue weighted by Gasteiger charge is -2.21. The van der Waals surface area contributed by atoms with Crippen molar-refractivity contribution in [3.05, 3.63) is 46.2 Å². The Morgan fingerprint density at radius 2 is 1.97 bits per heavy atom. The fraction of sp³-hybridized carbons (Fsp3) is 0.500. The van der Waals surface area contributed by atoms with E-state index in [1.807, 2.05) is 0 Å². The fourth-order valence-electron chi connectivity index (χ4n) is 4.26. The zero-order chi connectivity index (χ0) is 22.9. The molecular formula is C22H26FN3O4S2. The van der Waals surface area contributed by atoms with Gasteiger partial charge in [-0.1, -0.05) is 23.5 Å². The number of Topliss-reactive ketones (excluding diaryl/α,β-unsaturated/α-hetero) is 1. The van der Waals surface area contributed by atoms with Crippen LogP contribution in [-0.2, 0) is 21.1 Å². The van der Waals surface area contributed by atoms with Gasteiger partial charge in [-0.25, -0.2) is 18.2 Å². The Balaban J connectivity index is 1.54. The van der Waals surface area contributed by atoms with Crippen molar-refractivity contribution in [2.45, 2.75) is 48.2 Å². The summed E-state index contributed by atoms with van der Waals surface area (Å²) in [6.45, 7) is 1.19. The largest absolute Gasteiger partial charge is 0.341 e. The van der Waals surface area contributed by atoms with Gasteiger partial charge < -0.3 is 10.2 Å². The molecule has 1 saturated heterocycles. The molecule has 1 aromatic carbocycles. The Morgan fingerprint density at radius 3 is 2.56 bits per heavy atom. The maximum absolute atomic E-state index is 13.4. The molecule has 1 aromatic heterocycles. The van der Waals surface area contributed by atoms with Crippen LogP contribution in [0.5, 0.6) is 0 Å². The molecule has 0 bridgehead atoms. The van der Waals surface area contributed by atoms with Crippen LogP contribution in [0.2, 0.25) is 0 Å². The SMILES string of the molecule is CNC(=O)N1CC[C@H](C[C@@H](C(=O)Cc2ncc(F)s2)c2ccc(S(=O)(=O)C3CC3)cc2)C1. The second-order valence-corrected chi connectivity index (χ2v) is 11.8. The number of urea groups is 1. The highest BCUT2D eigenvalue weighted by Crippen LogP contribution is 2.35. The van der Waals surface area contributed by atoms with E-state index in [1.54, 1.807) is 36.2 Å². The van der Waals surface area contributed by atoms with Gasteiger partial charge in [0, 0.05) is 26.1 Å². The average Bonchev–Trinajstić information content (AvgIpc) is 3.42. The number of benzene rings is 1. The number of likely N-dealkylation sites (tertiary alicyclic amines) is 1. The smallest absolute Gasteiger partial charge is 0.317 e. The molecule has 7 nitrogen and oxygen atoms in total. The summed E-state index contributed by atoms with van der Waals surface area (Å²) in [5.74, 6) is -0.422. The molecule has 1 saturated carbocycles. The van der Waals surface area contributed by atoms with E-state index in [0.29, 0.717) is 37.4 Å². The number of hydrogen-bond acceptors (Lipinski definition) is 6. The normalized spacial score (nSPS) is 19.7. The fourth-order valence-corrected chi connectivity index (χ4v) is 6.56. The summed E-state index contributed by atoms with van der Waals surface area (Å²) < 4.78 is 38.4. The van der Waals surface area contributed by atoms with Crippen LogP contribution >= 0.6 is 11.3 Å². The maximum Gasteiger partial charge on any atom is 0.317 e. The monoisotopic (exact) mass is 479 g/mol. The molecule has 10 heteroatoms. The molecule has 2 heterocycles. The van der Waals surface area contributed by atoms with Crippen molar-refractivity contribution in [3.63, 3.8) is 0 Å². The van der Waals surface area contributed by atoms with Gasteiger partial charge in [0.25, 0.3) is 0 Å². The van der Waals surface area contributed by atoms with E-state index in [9.17, 15) is 22.4 Å². The Labute approximate surface area is 191 Å². The van der Waals surface area contributed by atoms with Gasteiger partial charge in [-0.3, -0.25) is 4.79 Å². The summed E-state index contributed by atoms with van der Waals surface area (Å²) in [6, 6.07) is 6.45. The number of halogens is 1. The van der Waals surface area contributed by atoms with Crippen LogP contribution in [0.1, 0.15) is 42.2 Å². The molecule has 1 aliphatic heterocycles. The lowest BCUT2D eigenvalue weighted by Crippen LogP contribution is -2.36. The van der Waals surface area contributed by atoms with Gasteiger partial charge in [0.05, 0.1) is 22.8 Å². The van der Waals surface area contributed by atoms with E-state index >= 15 is 0 Å². The third kappa shape index (κ3) is 5.01. The van der Waals surface area contributed by atoms with Crippen LogP contribution in [0.25, 0.3) is 0 Å². The third-order valence-corrected chi connectivity index (χ3v) is 9.23. The summed E-state index contributed by atoms with van der Waals surface area (Å²) in [5.41, 5.74) is 0.736. The number of ketones is 1. The molecule has 0 radical (unpaired) electrons. The van der Waals surface area contributed by atoms with Gasteiger partial charge >= 0.3 is 6.03 Å². The van der Waals surface area contributed by atoms with Crippen molar-refractivity contribution in [2.24, 2.45) is 5.92 Å². The molecule has 32 heavy (non-hydrogen) atoms. The maximum atomic E-state index is 13.4. The van der Waals surface area contributed by atoms with Crippen molar-refractivity contribution < 1.29 is 22.4 Å². The van der Waals surface area contributed by atoms with E-state index in [2.05, 4.69) is 10.3 Å². The highest BCUT2D eigenvalue weighted by atomic mass is 32.2. The first kappa shape index (κ1) is 22.8. The van der Waals surface area contributed by atoms with Gasteiger partial charge in [0.2, 0.25) is 0 Å². The number of amides is 2. The van der Waals surface area contributed by atoms with E-state index in [1.165, 1.54) is 0 Å². The number of rotatable bonds is 8. The molecule has 2 atom stereocenters. The highest BCUT2D eigenvalue weighted by molar-refractivity contribution is 7.92.